The second-order valence-electron chi connectivity index (χ2n) is 9.05. The Hall–Kier alpha value is -3.80. The number of nitrogens with zero attached hydrogens (tertiary/aromatic N) is 5. The van der Waals surface area contributed by atoms with Gasteiger partial charge in [0.15, 0.2) is 17.2 Å². The zero-order valence-electron chi connectivity index (χ0n) is 18.5. The molecular formula is C23H21F2N7O3. The molecule has 7 rings (SSSR count). The van der Waals surface area contributed by atoms with Gasteiger partial charge in [0.25, 0.3) is 11.8 Å². The van der Waals surface area contributed by atoms with Gasteiger partial charge in [0.05, 0.1) is 38.0 Å². The van der Waals surface area contributed by atoms with Crippen molar-refractivity contribution in [3.8, 4) is 17.0 Å². The Kier molecular flexibility index (Phi) is 4.32. The Morgan fingerprint density at radius 2 is 2.17 bits per heavy atom. The standard InChI is InChI=1S/C23H21F2N7O3/c24-23(25)4-3-16(23)29-22(33)14-8-28-32-20(14)30-17(18-21(32)27-6-7-35-18)15-9-31(12-10-34-11-12)19-13(15)2-1-5-26-19/h1-2,5,8-9,12,16,27H,3-4,6-7,10-11H2,(H,29,33)/t16-/m0/s1. The molecule has 12 heteroatoms. The van der Waals surface area contributed by atoms with Crippen LogP contribution in [0.4, 0.5) is 14.6 Å². The molecule has 1 atom stereocenters. The number of rotatable bonds is 4. The van der Waals surface area contributed by atoms with Gasteiger partial charge in [-0.25, -0.2) is 18.7 Å². The van der Waals surface area contributed by atoms with Crippen molar-refractivity contribution in [3.63, 3.8) is 0 Å². The van der Waals surface area contributed by atoms with Crippen molar-refractivity contribution in [1.29, 1.82) is 0 Å². The topological polar surface area (TPSA) is 108 Å². The summed E-state index contributed by atoms with van der Waals surface area (Å²) in [7, 11) is 0. The summed E-state index contributed by atoms with van der Waals surface area (Å²) in [6.07, 6.45) is 5.08. The summed E-state index contributed by atoms with van der Waals surface area (Å²) >= 11 is 0. The van der Waals surface area contributed by atoms with Gasteiger partial charge in [-0.2, -0.15) is 9.61 Å². The number of alkyl halides is 2. The van der Waals surface area contributed by atoms with E-state index in [-0.39, 0.29) is 30.1 Å². The summed E-state index contributed by atoms with van der Waals surface area (Å²) in [6.45, 7) is 2.18. The molecule has 6 heterocycles. The van der Waals surface area contributed by atoms with Crippen LogP contribution in [0.2, 0.25) is 0 Å². The summed E-state index contributed by atoms with van der Waals surface area (Å²) < 4.78 is 42.5. The van der Waals surface area contributed by atoms with Crippen molar-refractivity contribution in [2.45, 2.75) is 30.8 Å². The third kappa shape index (κ3) is 3.02. The second-order valence-corrected chi connectivity index (χ2v) is 9.05. The molecule has 2 N–H and O–H groups in total. The maximum absolute atomic E-state index is 13.8. The summed E-state index contributed by atoms with van der Waals surface area (Å²) in [4.78, 5) is 22.3. The van der Waals surface area contributed by atoms with E-state index in [1.54, 1.807) is 6.20 Å². The molecule has 0 aromatic carbocycles. The van der Waals surface area contributed by atoms with E-state index in [0.29, 0.717) is 43.6 Å². The number of pyridine rings is 1. The number of nitrogens with one attached hydrogen (secondary N) is 2. The monoisotopic (exact) mass is 481 g/mol. The predicted octanol–water partition coefficient (Wildman–Crippen LogP) is 2.65. The van der Waals surface area contributed by atoms with Gasteiger partial charge in [0, 0.05) is 29.8 Å². The van der Waals surface area contributed by atoms with E-state index in [4.69, 9.17) is 14.5 Å². The number of fused-ring (bicyclic) bond motifs is 4. The number of ether oxygens (including phenoxy) is 2. The Bertz CT molecular complexity index is 1490. The molecule has 1 aliphatic carbocycles. The summed E-state index contributed by atoms with van der Waals surface area (Å²) in [5, 5.41) is 10.9. The molecule has 0 spiro atoms. The number of halogens is 2. The minimum absolute atomic E-state index is 0.123. The molecule has 2 aliphatic heterocycles. The van der Waals surface area contributed by atoms with Gasteiger partial charge >= 0.3 is 0 Å². The predicted molar refractivity (Wildman–Crippen MR) is 121 cm³/mol. The van der Waals surface area contributed by atoms with Crippen molar-refractivity contribution in [1.82, 2.24) is 29.5 Å². The third-order valence-corrected chi connectivity index (χ3v) is 6.93. The third-order valence-electron chi connectivity index (χ3n) is 6.93. The van der Waals surface area contributed by atoms with E-state index in [0.717, 1.165) is 16.6 Å². The lowest BCUT2D eigenvalue weighted by Gasteiger charge is -2.36. The lowest BCUT2D eigenvalue weighted by atomic mass is 9.88. The SMILES string of the molecule is O=C(N[C@H]1CCC1(F)F)c1cnn2c3c(c(-c4cn(C5COC5)c5ncccc45)nc12)OCCN3. The molecule has 1 saturated carbocycles. The lowest BCUT2D eigenvalue weighted by Crippen LogP contribution is -2.55. The van der Waals surface area contributed by atoms with Gasteiger partial charge in [-0.05, 0) is 18.6 Å². The minimum atomic E-state index is -2.90. The van der Waals surface area contributed by atoms with Gasteiger partial charge in [-0.3, -0.25) is 4.79 Å². The van der Waals surface area contributed by atoms with Crippen LogP contribution in [0.1, 0.15) is 29.2 Å². The van der Waals surface area contributed by atoms with Gasteiger partial charge in [-0.1, -0.05) is 0 Å². The molecule has 35 heavy (non-hydrogen) atoms. The largest absolute Gasteiger partial charge is 0.486 e. The number of hydrogen-bond donors (Lipinski definition) is 2. The highest BCUT2D eigenvalue weighted by Crippen LogP contribution is 2.42. The fourth-order valence-electron chi connectivity index (χ4n) is 4.79. The van der Waals surface area contributed by atoms with Crippen LogP contribution in [-0.2, 0) is 4.74 Å². The van der Waals surface area contributed by atoms with Gasteiger partial charge in [0.1, 0.15) is 23.5 Å². The molecule has 1 amide bonds. The molecule has 0 radical (unpaired) electrons. The average molecular weight is 481 g/mol. The molecule has 1 saturated heterocycles. The van der Waals surface area contributed by atoms with Crippen LogP contribution in [0.3, 0.4) is 0 Å². The molecule has 2 fully saturated rings. The number of aromatic nitrogens is 5. The van der Waals surface area contributed by atoms with Crippen molar-refractivity contribution in [2.75, 3.05) is 31.7 Å². The first-order chi connectivity index (χ1) is 17.0. The van der Waals surface area contributed by atoms with Gasteiger partial charge < -0.3 is 24.7 Å². The summed E-state index contributed by atoms with van der Waals surface area (Å²) in [5.74, 6) is -2.46. The first-order valence-electron chi connectivity index (χ1n) is 11.5. The van der Waals surface area contributed by atoms with E-state index >= 15 is 0 Å². The average Bonchev–Trinajstić information content (AvgIpc) is 3.43. The fourth-order valence-corrected chi connectivity index (χ4v) is 4.79. The van der Waals surface area contributed by atoms with E-state index in [9.17, 15) is 13.6 Å². The van der Waals surface area contributed by atoms with Crippen LogP contribution in [0.25, 0.3) is 27.9 Å². The second kappa shape index (κ2) is 7.35. The number of carbonyl (C=O) groups excluding carboxylic acids is 1. The smallest absolute Gasteiger partial charge is 0.267 e. The molecule has 0 bridgehead atoms. The van der Waals surface area contributed by atoms with Crippen LogP contribution in [0.5, 0.6) is 5.75 Å². The van der Waals surface area contributed by atoms with E-state index in [1.165, 1.54) is 10.7 Å². The van der Waals surface area contributed by atoms with Gasteiger partial charge in [-0.15, -0.1) is 0 Å². The zero-order valence-corrected chi connectivity index (χ0v) is 18.5. The number of hydrogen-bond acceptors (Lipinski definition) is 7. The van der Waals surface area contributed by atoms with E-state index in [2.05, 4.69) is 25.3 Å². The van der Waals surface area contributed by atoms with Crippen LogP contribution in [0.15, 0.2) is 30.7 Å². The number of amides is 1. The molecule has 180 valence electrons. The Morgan fingerprint density at radius 1 is 1.29 bits per heavy atom. The molecule has 4 aromatic rings. The van der Waals surface area contributed by atoms with Crippen molar-refractivity contribution >= 4 is 28.4 Å². The van der Waals surface area contributed by atoms with Crippen molar-refractivity contribution in [2.24, 2.45) is 0 Å². The first-order valence-corrected chi connectivity index (χ1v) is 11.5. The molecule has 0 unspecified atom stereocenters. The highest BCUT2D eigenvalue weighted by molar-refractivity contribution is 6.02. The van der Waals surface area contributed by atoms with Crippen molar-refractivity contribution in [3.05, 3.63) is 36.3 Å². The maximum atomic E-state index is 13.8. The number of anilines is 1. The summed E-state index contributed by atoms with van der Waals surface area (Å²) in [6, 6.07) is 2.80. The van der Waals surface area contributed by atoms with Crippen LogP contribution < -0.4 is 15.4 Å². The normalized spacial score (nSPS) is 21.0. The highest BCUT2D eigenvalue weighted by Gasteiger charge is 2.49. The quantitative estimate of drug-likeness (QED) is 0.462. The molecule has 3 aliphatic rings. The maximum Gasteiger partial charge on any atom is 0.267 e. The van der Waals surface area contributed by atoms with E-state index in [1.807, 2.05) is 18.3 Å². The molecular weight excluding hydrogens is 460 g/mol. The van der Waals surface area contributed by atoms with Crippen LogP contribution in [-0.4, -0.2) is 68.4 Å². The lowest BCUT2D eigenvalue weighted by molar-refractivity contribution is -0.102. The van der Waals surface area contributed by atoms with Crippen LogP contribution in [0, 0.1) is 0 Å². The molecule has 4 aromatic heterocycles. The first kappa shape index (κ1) is 20.6. The highest BCUT2D eigenvalue weighted by atomic mass is 19.3. The van der Waals surface area contributed by atoms with E-state index < -0.39 is 17.9 Å². The Labute approximate surface area is 197 Å². The van der Waals surface area contributed by atoms with Gasteiger partial charge in [0.2, 0.25) is 0 Å². The fraction of sp³-hybridized carbons (Fsp3) is 0.391. The summed E-state index contributed by atoms with van der Waals surface area (Å²) in [5.41, 5.74) is 2.50. The zero-order chi connectivity index (χ0) is 23.7. The minimum Gasteiger partial charge on any atom is -0.486 e. The van der Waals surface area contributed by atoms with Crippen LogP contribution >= 0.6 is 0 Å². The number of carbonyl (C=O) groups is 1. The Balaban J connectivity index is 1.40. The Morgan fingerprint density at radius 3 is 2.91 bits per heavy atom. The molecule has 10 nitrogen and oxygen atoms in total. The van der Waals surface area contributed by atoms with Crippen molar-refractivity contribution < 1.29 is 23.0 Å².